The predicted molar refractivity (Wildman–Crippen MR) is 97.0 cm³/mol. The van der Waals surface area contributed by atoms with Gasteiger partial charge < -0.3 is 4.18 Å². The zero-order valence-corrected chi connectivity index (χ0v) is 16.0. The summed E-state index contributed by atoms with van der Waals surface area (Å²) in [7, 11) is -6.51. The van der Waals surface area contributed by atoms with E-state index in [1.165, 1.54) is 6.07 Å². The summed E-state index contributed by atoms with van der Waals surface area (Å²) in [5, 5.41) is 22.7. The number of rotatable bonds is 6. The molecule has 0 aliphatic heterocycles. The van der Waals surface area contributed by atoms with Crippen molar-refractivity contribution in [2.45, 2.75) is 24.5 Å². The average Bonchev–Trinajstić information content (AvgIpc) is 2.53. The van der Waals surface area contributed by atoms with Gasteiger partial charge in [0, 0.05) is 6.07 Å². The van der Waals surface area contributed by atoms with E-state index in [-0.39, 0.29) is 5.75 Å². The molecule has 2 aromatic rings. The van der Waals surface area contributed by atoms with E-state index in [1.54, 1.807) is 18.2 Å². The van der Waals surface area contributed by atoms with Crippen molar-refractivity contribution >= 4 is 34.8 Å². The maximum atomic E-state index is 12.6. The van der Waals surface area contributed by atoms with Crippen molar-refractivity contribution in [2.24, 2.45) is 0 Å². The third-order valence-electron chi connectivity index (χ3n) is 3.51. The fraction of sp³-hybridized carbons (Fsp3) is 0.200. The van der Waals surface area contributed by atoms with Crippen LogP contribution in [-0.2, 0) is 10.1 Å². The Hall–Kier alpha value is -2.79. The van der Waals surface area contributed by atoms with Crippen molar-refractivity contribution < 1.29 is 22.4 Å². The molecule has 0 aliphatic rings. The summed E-state index contributed by atoms with van der Waals surface area (Å²) in [6, 6.07) is 8.86. The summed E-state index contributed by atoms with van der Waals surface area (Å²) >= 11 is 0. The third kappa shape index (κ3) is 4.06. The fourth-order valence-corrected chi connectivity index (χ4v) is 4.93. The van der Waals surface area contributed by atoms with Crippen molar-refractivity contribution in [1.29, 1.82) is 0 Å². The van der Waals surface area contributed by atoms with Gasteiger partial charge in [-0.3, -0.25) is 20.2 Å². The lowest BCUT2D eigenvalue weighted by molar-refractivity contribution is -0.396. The highest BCUT2D eigenvalue weighted by molar-refractivity contribution is 7.87. The molecule has 9 nitrogen and oxygen atoms in total. The number of hydrogen-bond acceptors (Lipinski definition) is 7. The van der Waals surface area contributed by atoms with Gasteiger partial charge in [0.05, 0.1) is 24.0 Å². The largest absolute Gasteiger partial charge is 0.379 e. The van der Waals surface area contributed by atoms with Gasteiger partial charge in [-0.05, 0) is 17.3 Å². The van der Waals surface area contributed by atoms with Crippen LogP contribution >= 0.6 is 0 Å². The van der Waals surface area contributed by atoms with Gasteiger partial charge in [-0.15, -0.1) is 0 Å². The number of hydrogen-bond donors (Lipinski definition) is 0. The Morgan fingerprint density at radius 3 is 2.12 bits per heavy atom. The first-order chi connectivity index (χ1) is 11.9. The minimum Gasteiger partial charge on any atom is -0.379 e. The van der Waals surface area contributed by atoms with E-state index in [2.05, 4.69) is 0 Å². The number of nitro groups is 2. The molecule has 138 valence electrons. The van der Waals surface area contributed by atoms with E-state index in [4.69, 9.17) is 4.18 Å². The number of nitro benzene ring substituents is 2. The molecule has 2 aromatic carbocycles. The van der Waals surface area contributed by atoms with Gasteiger partial charge in [0.2, 0.25) is 0 Å². The lowest BCUT2D eigenvalue weighted by Gasteiger charge is -2.20. The van der Waals surface area contributed by atoms with Crippen molar-refractivity contribution in [1.82, 2.24) is 0 Å². The van der Waals surface area contributed by atoms with Crippen LogP contribution in [0.15, 0.2) is 47.4 Å². The monoisotopic (exact) mass is 396 g/mol. The van der Waals surface area contributed by atoms with Gasteiger partial charge in [0.15, 0.2) is 4.90 Å². The first-order valence-corrected chi connectivity index (χ1v) is 12.3. The van der Waals surface area contributed by atoms with Crippen molar-refractivity contribution in [2.75, 3.05) is 0 Å². The number of nitrogens with zero attached hydrogens (tertiary/aromatic N) is 2. The van der Waals surface area contributed by atoms with Crippen LogP contribution in [0, 0.1) is 20.2 Å². The van der Waals surface area contributed by atoms with Crippen molar-refractivity contribution in [3.63, 3.8) is 0 Å². The molecule has 0 N–H and O–H groups in total. The summed E-state index contributed by atoms with van der Waals surface area (Å²) in [5.41, 5.74) is -1.50. The molecule has 0 bridgehead atoms. The van der Waals surface area contributed by atoms with Crippen LogP contribution in [-0.4, -0.2) is 26.3 Å². The third-order valence-corrected chi connectivity index (χ3v) is 6.83. The van der Waals surface area contributed by atoms with Crippen LogP contribution in [0.2, 0.25) is 19.6 Å². The average molecular weight is 396 g/mol. The highest BCUT2D eigenvalue weighted by atomic mass is 32.2. The fourth-order valence-electron chi connectivity index (χ4n) is 2.30. The molecule has 2 rings (SSSR count). The second kappa shape index (κ2) is 6.84. The standard InChI is InChI=1S/C15H16N2O7SSi/c1-26(2,3)15-7-5-4-6-13(15)24-25(22,23)14-9-8-11(16(18)19)10-12(14)17(20)21/h4-10H,1-3H3. The first-order valence-electron chi connectivity index (χ1n) is 7.40. The Balaban J connectivity index is 2.57. The molecular weight excluding hydrogens is 380 g/mol. The Morgan fingerprint density at radius 1 is 0.962 bits per heavy atom. The zero-order chi connectivity index (χ0) is 19.7. The lowest BCUT2D eigenvalue weighted by atomic mass is 10.3. The minimum atomic E-state index is -4.56. The Kier molecular flexibility index (Phi) is 5.14. The summed E-state index contributed by atoms with van der Waals surface area (Å²) in [5.74, 6) is 0.0966. The van der Waals surface area contributed by atoms with Gasteiger partial charge in [-0.25, -0.2) is 0 Å². The molecule has 0 aromatic heterocycles. The molecule has 0 atom stereocenters. The molecule has 0 aliphatic carbocycles. The number of non-ortho nitro benzene ring substituents is 1. The van der Waals surface area contributed by atoms with Gasteiger partial charge >= 0.3 is 10.1 Å². The van der Waals surface area contributed by atoms with Gasteiger partial charge in [0.25, 0.3) is 11.4 Å². The lowest BCUT2D eigenvalue weighted by Crippen LogP contribution is -2.39. The summed E-state index contributed by atoms with van der Waals surface area (Å²) in [6.07, 6.45) is 0. The predicted octanol–water partition coefficient (Wildman–Crippen LogP) is 2.82. The molecule has 0 fully saturated rings. The number of para-hydroxylation sites is 1. The summed E-state index contributed by atoms with van der Waals surface area (Å²) in [6.45, 7) is 5.99. The van der Waals surface area contributed by atoms with Gasteiger partial charge in [-0.1, -0.05) is 37.8 Å². The van der Waals surface area contributed by atoms with Gasteiger partial charge in [-0.2, -0.15) is 8.42 Å². The van der Waals surface area contributed by atoms with Crippen molar-refractivity contribution in [3.8, 4) is 5.75 Å². The molecule has 0 spiro atoms. The SMILES string of the molecule is C[Si](C)(C)c1ccccc1OS(=O)(=O)c1ccc([N+](=O)[O-])cc1[N+](=O)[O-]. The Morgan fingerprint density at radius 2 is 1.58 bits per heavy atom. The van der Waals surface area contributed by atoms with E-state index < -0.39 is 44.3 Å². The second-order valence-electron chi connectivity index (χ2n) is 6.45. The van der Waals surface area contributed by atoms with Crippen LogP contribution in [0.25, 0.3) is 0 Å². The Bertz CT molecular complexity index is 984. The maximum absolute atomic E-state index is 12.6. The van der Waals surface area contributed by atoms with E-state index in [9.17, 15) is 28.6 Å². The normalized spacial score (nSPS) is 11.8. The molecule has 0 saturated carbocycles. The zero-order valence-electron chi connectivity index (χ0n) is 14.2. The highest BCUT2D eigenvalue weighted by Crippen LogP contribution is 2.30. The minimum absolute atomic E-state index is 0.0966. The first kappa shape index (κ1) is 19.5. The molecule has 11 heteroatoms. The van der Waals surface area contributed by atoms with Crippen LogP contribution < -0.4 is 9.37 Å². The second-order valence-corrected chi connectivity index (χ2v) is 13.0. The van der Waals surface area contributed by atoms with Crippen molar-refractivity contribution in [3.05, 3.63) is 62.7 Å². The van der Waals surface area contributed by atoms with Crippen LogP contribution in [0.1, 0.15) is 0 Å². The van der Waals surface area contributed by atoms with E-state index in [0.717, 1.165) is 17.3 Å². The maximum Gasteiger partial charge on any atom is 0.346 e. The molecule has 0 unspecified atom stereocenters. The Labute approximate surface area is 150 Å². The van der Waals surface area contributed by atoms with E-state index >= 15 is 0 Å². The molecule has 0 radical (unpaired) electrons. The smallest absolute Gasteiger partial charge is 0.346 e. The quantitative estimate of drug-likeness (QED) is 0.317. The molecule has 0 heterocycles. The molecule has 0 saturated heterocycles. The van der Waals surface area contributed by atoms with Crippen LogP contribution in [0.4, 0.5) is 11.4 Å². The topological polar surface area (TPSA) is 130 Å². The van der Waals surface area contributed by atoms with E-state index in [1.807, 2.05) is 19.6 Å². The van der Waals surface area contributed by atoms with E-state index in [0.29, 0.717) is 6.07 Å². The summed E-state index contributed by atoms with van der Waals surface area (Å²) in [4.78, 5) is 19.4. The van der Waals surface area contributed by atoms with Gasteiger partial charge in [0.1, 0.15) is 5.75 Å². The van der Waals surface area contributed by atoms with Crippen LogP contribution in [0.3, 0.4) is 0 Å². The molecule has 26 heavy (non-hydrogen) atoms. The van der Waals surface area contributed by atoms with Crippen LogP contribution in [0.5, 0.6) is 5.75 Å². The highest BCUT2D eigenvalue weighted by Gasteiger charge is 2.32. The molecule has 0 amide bonds. The number of benzene rings is 2. The molecular formula is C15H16N2O7SSi. The summed E-state index contributed by atoms with van der Waals surface area (Å²) < 4.78 is 30.4.